The highest BCUT2D eigenvalue weighted by atomic mass is 35.5. The Balaban J connectivity index is 2.11. The molecule has 3 rings (SSSR count). The van der Waals surface area contributed by atoms with Crippen LogP contribution in [0, 0.1) is 0 Å². The minimum atomic E-state index is -0.678. The number of rotatable bonds is 2. The van der Waals surface area contributed by atoms with Gasteiger partial charge in [0.25, 0.3) is 0 Å². The van der Waals surface area contributed by atoms with Crippen LogP contribution in [0.5, 0.6) is 0 Å². The standard InChI is InChI=1S/C13H10ClN3O2S/c14-10-4-3-9(20-10)11(15)6-1-2-7-8(5-6)17-13(19)12(18)16-7/h1-5,11H,15H2,(H,16,18)(H,17,19). The number of fused-ring (bicyclic) bond motifs is 1. The summed E-state index contributed by atoms with van der Waals surface area (Å²) in [7, 11) is 0. The molecule has 1 unspecified atom stereocenters. The van der Waals surface area contributed by atoms with Gasteiger partial charge in [-0.05, 0) is 29.8 Å². The van der Waals surface area contributed by atoms with Gasteiger partial charge in [0.1, 0.15) is 0 Å². The van der Waals surface area contributed by atoms with Crippen molar-refractivity contribution < 1.29 is 0 Å². The molecule has 0 bridgehead atoms. The fourth-order valence-electron chi connectivity index (χ4n) is 1.99. The maximum atomic E-state index is 11.3. The molecule has 2 aromatic heterocycles. The van der Waals surface area contributed by atoms with E-state index in [0.29, 0.717) is 15.4 Å². The van der Waals surface area contributed by atoms with Crippen molar-refractivity contribution in [2.45, 2.75) is 6.04 Å². The van der Waals surface area contributed by atoms with Crippen LogP contribution < -0.4 is 16.9 Å². The van der Waals surface area contributed by atoms with E-state index in [1.165, 1.54) is 11.3 Å². The summed E-state index contributed by atoms with van der Waals surface area (Å²) in [4.78, 5) is 28.6. The van der Waals surface area contributed by atoms with Crippen molar-refractivity contribution >= 4 is 34.0 Å². The Labute approximate surface area is 122 Å². The van der Waals surface area contributed by atoms with E-state index in [4.69, 9.17) is 17.3 Å². The van der Waals surface area contributed by atoms with Crippen LogP contribution in [-0.2, 0) is 0 Å². The summed E-state index contributed by atoms with van der Waals surface area (Å²) < 4.78 is 0.675. The van der Waals surface area contributed by atoms with E-state index in [-0.39, 0.29) is 6.04 Å². The zero-order chi connectivity index (χ0) is 14.3. The SMILES string of the molecule is NC(c1ccc2[nH]c(=O)c(=O)[nH]c2c1)c1ccc(Cl)s1. The van der Waals surface area contributed by atoms with Gasteiger partial charge in [-0.3, -0.25) is 9.59 Å². The van der Waals surface area contributed by atoms with Crippen LogP contribution in [-0.4, -0.2) is 9.97 Å². The number of hydrogen-bond donors (Lipinski definition) is 3. The van der Waals surface area contributed by atoms with Gasteiger partial charge >= 0.3 is 11.1 Å². The second-order valence-electron chi connectivity index (χ2n) is 4.33. The molecular weight excluding hydrogens is 298 g/mol. The van der Waals surface area contributed by atoms with Crippen molar-refractivity contribution in [2.75, 3.05) is 0 Å². The average Bonchev–Trinajstić information content (AvgIpc) is 2.85. The Morgan fingerprint density at radius 3 is 2.40 bits per heavy atom. The van der Waals surface area contributed by atoms with Gasteiger partial charge in [0.15, 0.2) is 0 Å². The summed E-state index contributed by atoms with van der Waals surface area (Å²) >= 11 is 7.31. The molecule has 102 valence electrons. The summed E-state index contributed by atoms with van der Waals surface area (Å²) in [5.74, 6) is 0. The second-order valence-corrected chi connectivity index (χ2v) is 6.08. The quantitative estimate of drug-likeness (QED) is 0.632. The van der Waals surface area contributed by atoms with E-state index in [2.05, 4.69) is 9.97 Å². The lowest BCUT2D eigenvalue weighted by Crippen LogP contribution is -2.29. The van der Waals surface area contributed by atoms with Gasteiger partial charge in [-0.25, -0.2) is 0 Å². The number of nitrogens with two attached hydrogens (primary N) is 1. The molecule has 20 heavy (non-hydrogen) atoms. The molecule has 0 aliphatic rings. The largest absolute Gasteiger partial charge is 0.320 e. The minimum absolute atomic E-state index is 0.327. The van der Waals surface area contributed by atoms with Crippen molar-refractivity contribution in [3.63, 3.8) is 0 Å². The zero-order valence-corrected chi connectivity index (χ0v) is 11.7. The van der Waals surface area contributed by atoms with E-state index in [0.717, 1.165) is 10.4 Å². The van der Waals surface area contributed by atoms with Gasteiger partial charge in [0, 0.05) is 4.88 Å². The highest BCUT2D eigenvalue weighted by molar-refractivity contribution is 7.16. The molecule has 0 radical (unpaired) electrons. The van der Waals surface area contributed by atoms with Crippen LogP contribution in [0.15, 0.2) is 39.9 Å². The number of aromatic nitrogens is 2. The van der Waals surface area contributed by atoms with Crippen molar-refractivity contribution in [3.8, 4) is 0 Å². The number of aromatic amines is 2. The molecule has 5 nitrogen and oxygen atoms in total. The van der Waals surface area contributed by atoms with Crippen LogP contribution in [0.1, 0.15) is 16.5 Å². The molecule has 2 heterocycles. The zero-order valence-electron chi connectivity index (χ0n) is 10.1. The maximum absolute atomic E-state index is 11.3. The average molecular weight is 308 g/mol. The third-order valence-corrected chi connectivity index (χ3v) is 4.32. The van der Waals surface area contributed by atoms with Crippen LogP contribution in [0.25, 0.3) is 11.0 Å². The van der Waals surface area contributed by atoms with Crippen molar-refractivity contribution in [2.24, 2.45) is 5.73 Å². The number of H-pyrrole nitrogens is 2. The second kappa shape index (κ2) is 4.90. The fraction of sp³-hybridized carbons (Fsp3) is 0.0769. The first-order valence-electron chi connectivity index (χ1n) is 5.81. The van der Waals surface area contributed by atoms with Crippen LogP contribution in [0.2, 0.25) is 4.34 Å². The lowest BCUT2D eigenvalue weighted by atomic mass is 10.1. The van der Waals surface area contributed by atoms with E-state index in [9.17, 15) is 9.59 Å². The summed E-state index contributed by atoms with van der Waals surface area (Å²) in [5.41, 5.74) is 6.77. The maximum Gasteiger partial charge on any atom is 0.314 e. The lowest BCUT2D eigenvalue weighted by Gasteiger charge is -2.10. The molecule has 0 saturated heterocycles. The molecule has 1 aromatic carbocycles. The Morgan fingerprint density at radius 2 is 1.75 bits per heavy atom. The van der Waals surface area contributed by atoms with E-state index < -0.39 is 11.1 Å². The third kappa shape index (κ3) is 2.29. The fourth-order valence-corrected chi connectivity index (χ4v) is 3.08. The van der Waals surface area contributed by atoms with Gasteiger partial charge in [-0.1, -0.05) is 17.7 Å². The van der Waals surface area contributed by atoms with Gasteiger partial charge in [0.05, 0.1) is 21.4 Å². The first kappa shape index (κ1) is 13.1. The predicted octanol–water partition coefficient (Wildman–Crippen LogP) is 1.98. The summed E-state index contributed by atoms with van der Waals surface area (Å²) in [5, 5.41) is 0. The van der Waals surface area contributed by atoms with Crippen molar-refractivity contribution in [1.29, 1.82) is 0 Å². The van der Waals surface area contributed by atoms with E-state index in [1.54, 1.807) is 18.2 Å². The van der Waals surface area contributed by atoms with Crippen molar-refractivity contribution in [3.05, 3.63) is 65.8 Å². The molecule has 0 saturated carbocycles. The van der Waals surface area contributed by atoms with Gasteiger partial charge < -0.3 is 15.7 Å². The number of thiophene rings is 1. The number of benzene rings is 1. The first-order chi connectivity index (χ1) is 9.54. The minimum Gasteiger partial charge on any atom is -0.320 e. The molecule has 1 atom stereocenters. The van der Waals surface area contributed by atoms with Crippen molar-refractivity contribution in [1.82, 2.24) is 9.97 Å². The highest BCUT2D eigenvalue weighted by Gasteiger charge is 2.12. The first-order valence-corrected chi connectivity index (χ1v) is 7.01. The molecule has 0 fully saturated rings. The lowest BCUT2D eigenvalue weighted by molar-refractivity contribution is 0.894. The molecule has 4 N–H and O–H groups in total. The predicted molar refractivity (Wildman–Crippen MR) is 80.5 cm³/mol. The highest BCUT2D eigenvalue weighted by Crippen LogP contribution is 2.30. The Morgan fingerprint density at radius 1 is 1.05 bits per heavy atom. The Bertz CT molecular complexity index is 896. The molecule has 7 heteroatoms. The monoisotopic (exact) mass is 307 g/mol. The van der Waals surface area contributed by atoms with Crippen LogP contribution >= 0.6 is 22.9 Å². The number of halogens is 1. The number of nitrogens with one attached hydrogen (secondary N) is 2. The van der Waals surface area contributed by atoms with Crippen LogP contribution in [0.3, 0.4) is 0 Å². The smallest absolute Gasteiger partial charge is 0.314 e. The molecule has 0 amide bonds. The van der Waals surface area contributed by atoms with Crippen LogP contribution in [0.4, 0.5) is 0 Å². The topological polar surface area (TPSA) is 91.7 Å². The van der Waals surface area contributed by atoms with Gasteiger partial charge in [-0.2, -0.15) is 0 Å². The molecule has 3 aromatic rings. The Hall–Kier alpha value is -1.89. The molecule has 0 spiro atoms. The summed E-state index contributed by atoms with van der Waals surface area (Å²) in [6.07, 6.45) is 0. The van der Waals surface area contributed by atoms with Gasteiger partial charge in [0.2, 0.25) is 0 Å². The summed E-state index contributed by atoms with van der Waals surface area (Å²) in [6, 6.07) is 8.63. The van der Waals surface area contributed by atoms with Gasteiger partial charge in [-0.15, -0.1) is 11.3 Å². The Kier molecular flexibility index (Phi) is 3.21. The normalized spacial score (nSPS) is 12.7. The summed E-state index contributed by atoms with van der Waals surface area (Å²) in [6.45, 7) is 0. The molecule has 0 aliphatic carbocycles. The molecule has 0 aliphatic heterocycles. The van der Waals surface area contributed by atoms with E-state index >= 15 is 0 Å². The van der Waals surface area contributed by atoms with E-state index in [1.807, 2.05) is 12.1 Å². The molecular formula is C13H10ClN3O2S. The third-order valence-electron chi connectivity index (χ3n) is 3.01. The number of hydrogen-bond acceptors (Lipinski definition) is 4.